The summed E-state index contributed by atoms with van der Waals surface area (Å²) in [7, 11) is -3.55. The van der Waals surface area contributed by atoms with Crippen molar-refractivity contribution in [3.8, 4) is 0 Å². The number of benzene rings is 1. The summed E-state index contributed by atoms with van der Waals surface area (Å²) in [5.74, 6) is 0.524. The number of hydrogen-bond donors (Lipinski definition) is 1. The maximum Gasteiger partial charge on any atom is 0.241 e. The fourth-order valence-electron chi connectivity index (χ4n) is 6.13. The number of amides is 1. The Kier molecular flexibility index (Phi) is 9.12. The highest BCUT2D eigenvalue weighted by atomic mass is 35.5. The van der Waals surface area contributed by atoms with Crippen molar-refractivity contribution in [3.63, 3.8) is 0 Å². The highest BCUT2D eigenvalue weighted by Gasteiger charge is 2.43. The number of aromatic nitrogens is 2. The zero-order valence-corrected chi connectivity index (χ0v) is 22.8. The Hall–Kier alpha value is -1.90. The number of carbonyl (C=O) groups excluding carboxylic acids is 1. The van der Waals surface area contributed by atoms with Crippen LogP contribution in [0.4, 0.5) is 0 Å². The van der Waals surface area contributed by atoms with E-state index in [0.29, 0.717) is 36.9 Å². The number of piperidine rings is 1. The summed E-state index contributed by atoms with van der Waals surface area (Å²) in [6.07, 6.45) is 14.8. The van der Waals surface area contributed by atoms with Gasteiger partial charge in [0.15, 0.2) is 0 Å². The highest BCUT2D eigenvalue weighted by molar-refractivity contribution is 7.89. The lowest BCUT2D eigenvalue weighted by Gasteiger charge is -2.48. The van der Waals surface area contributed by atoms with Crippen LogP contribution < -0.4 is 4.72 Å². The van der Waals surface area contributed by atoms with E-state index in [1.165, 1.54) is 32.1 Å². The summed E-state index contributed by atoms with van der Waals surface area (Å²) in [6, 6.07) is 6.43. The molecule has 1 aromatic heterocycles. The first-order valence-corrected chi connectivity index (χ1v) is 15.3. The first kappa shape index (κ1) is 27.1. The van der Waals surface area contributed by atoms with Crippen molar-refractivity contribution in [2.24, 2.45) is 11.3 Å². The first-order valence-electron chi connectivity index (χ1n) is 13.3. The third kappa shape index (κ3) is 6.90. The molecule has 9 heteroatoms. The van der Waals surface area contributed by atoms with Crippen molar-refractivity contribution in [2.45, 2.75) is 77.3 Å². The van der Waals surface area contributed by atoms with E-state index in [1.807, 2.05) is 42.7 Å². The van der Waals surface area contributed by atoms with E-state index in [9.17, 15) is 13.2 Å². The molecule has 2 aromatic rings. The minimum Gasteiger partial charge on any atom is -0.341 e. The van der Waals surface area contributed by atoms with Crippen LogP contribution in [0.1, 0.15) is 63.9 Å². The molecule has 0 bridgehead atoms. The van der Waals surface area contributed by atoms with Gasteiger partial charge in [-0.25, -0.2) is 18.1 Å². The Morgan fingerprint density at radius 2 is 1.86 bits per heavy atom. The second-order valence-electron chi connectivity index (χ2n) is 10.6. The number of nitrogens with zero attached hydrogens (tertiary/aromatic N) is 3. The largest absolute Gasteiger partial charge is 0.341 e. The number of sulfonamides is 1. The van der Waals surface area contributed by atoms with Gasteiger partial charge in [0.25, 0.3) is 0 Å². The number of rotatable bonds is 10. The second-order valence-corrected chi connectivity index (χ2v) is 12.9. The molecule has 1 aliphatic carbocycles. The molecule has 1 N–H and O–H groups in total. The molecule has 0 unspecified atom stereocenters. The summed E-state index contributed by atoms with van der Waals surface area (Å²) >= 11 is 6.03. The van der Waals surface area contributed by atoms with E-state index in [-0.39, 0.29) is 17.1 Å². The average molecular weight is 535 g/mol. The Labute approximate surface area is 220 Å². The number of likely N-dealkylation sites (tertiary alicyclic amines) is 1. The molecule has 2 heterocycles. The van der Waals surface area contributed by atoms with Crippen molar-refractivity contribution >= 4 is 27.5 Å². The Bertz CT molecular complexity index is 1070. The molecule has 2 aliphatic rings. The molecule has 1 saturated heterocycles. The minimum atomic E-state index is -3.55. The maximum atomic E-state index is 13.7. The van der Waals surface area contributed by atoms with Crippen LogP contribution in [0.15, 0.2) is 43.0 Å². The van der Waals surface area contributed by atoms with Gasteiger partial charge >= 0.3 is 0 Å². The third-order valence-electron chi connectivity index (χ3n) is 8.04. The van der Waals surface area contributed by atoms with E-state index >= 15 is 0 Å². The summed E-state index contributed by atoms with van der Waals surface area (Å²) in [6.45, 7) is 4.05. The molecule has 1 aliphatic heterocycles. The first-order chi connectivity index (χ1) is 17.3. The molecule has 0 spiro atoms. The van der Waals surface area contributed by atoms with Crippen LogP contribution in [0.5, 0.6) is 0 Å². The van der Waals surface area contributed by atoms with Gasteiger partial charge in [-0.2, -0.15) is 0 Å². The quantitative estimate of drug-likeness (QED) is 0.480. The van der Waals surface area contributed by atoms with E-state index in [4.69, 9.17) is 11.6 Å². The lowest BCUT2D eigenvalue weighted by Crippen LogP contribution is -2.54. The van der Waals surface area contributed by atoms with E-state index in [1.54, 1.807) is 12.1 Å². The van der Waals surface area contributed by atoms with Crippen LogP contribution in [0.2, 0.25) is 5.02 Å². The monoisotopic (exact) mass is 534 g/mol. The molecule has 0 radical (unpaired) electrons. The molecule has 198 valence electrons. The lowest BCUT2D eigenvalue weighted by atomic mass is 9.63. The number of imidazole rings is 1. The van der Waals surface area contributed by atoms with E-state index in [0.717, 1.165) is 24.9 Å². The molecule has 36 heavy (non-hydrogen) atoms. The standard InChI is InChI=1S/C27H39ClN4O3S/c1-2-18-36(34,35)30-25(19-22-8-10-24(28)11-9-22)26(33)32-15-12-27(13-16-32,20-31-17-14-29-21-31)23-6-4-3-5-7-23/h8-11,14,17,21,23,25,30H,2-7,12-13,15-16,18-20H2,1H3/t25-/m1/s1. The topological polar surface area (TPSA) is 84.3 Å². The lowest BCUT2D eigenvalue weighted by molar-refractivity contribution is -0.136. The predicted octanol–water partition coefficient (Wildman–Crippen LogP) is 4.67. The Balaban J connectivity index is 1.50. The summed E-state index contributed by atoms with van der Waals surface area (Å²) in [5.41, 5.74) is 1.02. The maximum absolute atomic E-state index is 13.7. The Morgan fingerprint density at radius 1 is 1.17 bits per heavy atom. The van der Waals surface area contributed by atoms with Gasteiger partial charge in [-0.1, -0.05) is 49.9 Å². The molecule has 1 atom stereocenters. The van der Waals surface area contributed by atoms with Crippen LogP contribution in [0.25, 0.3) is 0 Å². The molecular weight excluding hydrogens is 496 g/mol. The molecule has 2 fully saturated rings. The van der Waals surface area contributed by atoms with Gasteiger partial charge in [0, 0.05) is 37.1 Å². The third-order valence-corrected chi connectivity index (χ3v) is 9.89. The van der Waals surface area contributed by atoms with Gasteiger partial charge in [-0.05, 0) is 67.6 Å². The normalized spacial score (nSPS) is 19.8. The molecular formula is C27H39ClN4O3S. The summed E-state index contributed by atoms with van der Waals surface area (Å²) in [5, 5.41) is 0.612. The fraction of sp³-hybridized carbons (Fsp3) is 0.630. The van der Waals surface area contributed by atoms with Gasteiger partial charge in [-0.15, -0.1) is 0 Å². The number of nitrogens with one attached hydrogen (secondary N) is 1. The molecule has 7 nitrogen and oxygen atoms in total. The van der Waals surface area contributed by atoms with Crippen LogP contribution in [-0.2, 0) is 27.8 Å². The van der Waals surface area contributed by atoms with Crippen LogP contribution >= 0.6 is 11.6 Å². The summed E-state index contributed by atoms with van der Waals surface area (Å²) in [4.78, 5) is 19.8. The Morgan fingerprint density at radius 3 is 2.47 bits per heavy atom. The zero-order chi connectivity index (χ0) is 25.6. The van der Waals surface area contributed by atoms with Gasteiger partial charge in [0.2, 0.25) is 15.9 Å². The molecule has 1 saturated carbocycles. The fourth-order valence-corrected chi connectivity index (χ4v) is 7.53. The zero-order valence-electron chi connectivity index (χ0n) is 21.2. The highest BCUT2D eigenvalue weighted by Crippen LogP contribution is 2.47. The van der Waals surface area contributed by atoms with E-state index in [2.05, 4.69) is 14.3 Å². The number of hydrogen-bond acceptors (Lipinski definition) is 4. The van der Waals surface area contributed by atoms with Crippen molar-refractivity contribution in [2.75, 3.05) is 18.8 Å². The van der Waals surface area contributed by atoms with Gasteiger partial charge in [-0.3, -0.25) is 4.79 Å². The second kappa shape index (κ2) is 12.1. The number of halogens is 1. The van der Waals surface area contributed by atoms with Crippen LogP contribution in [0.3, 0.4) is 0 Å². The van der Waals surface area contributed by atoms with Crippen molar-refractivity contribution in [1.82, 2.24) is 19.2 Å². The predicted molar refractivity (Wildman–Crippen MR) is 143 cm³/mol. The summed E-state index contributed by atoms with van der Waals surface area (Å²) < 4.78 is 30.2. The average Bonchev–Trinajstić information content (AvgIpc) is 3.38. The van der Waals surface area contributed by atoms with Gasteiger partial charge in [0.1, 0.15) is 6.04 Å². The SMILES string of the molecule is CCCS(=O)(=O)N[C@H](Cc1ccc(Cl)cc1)C(=O)N1CCC(Cn2ccnc2)(C2CCCCC2)CC1. The van der Waals surface area contributed by atoms with E-state index < -0.39 is 16.1 Å². The van der Waals surface area contributed by atoms with Gasteiger partial charge in [0.05, 0.1) is 12.1 Å². The van der Waals surface area contributed by atoms with Crippen molar-refractivity contribution in [1.29, 1.82) is 0 Å². The molecule has 1 aromatic carbocycles. The van der Waals surface area contributed by atoms with Gasteiger partial charge < -0.3 is 9.47 Å². The minimum absolute atomic E-state index is 0.00704. The van der Waals surface area contributed by atoms with Crippen LogP contribution in [0, 0.1) is 11.3 Å². The van der Waals surface area contributed by atoms with Crippen LogP contribution in [-0.4, -0.2) is 53.7 Å². The molecule has 1 amide bonds. The van der Waals surface area contributed by atoms with Crippen molar-refractivity contribution < 1.29 is 13.2 Å². The smallest absolute Gasteiger partial charge is 0.241 e. The van der Waals surface area contributed by atoms with Crippen molar-refractivity contribution in [3.05, 3.63) is 53.6 Å². The molecule has 4 rings (SSSR count). The number of carbonyl (C=O) groups is 1.